The van der Waals surface area contributed by atoms with Gasteiger partial charge >= 0.3 is 0 Å². The topological polar surface area (TPSA) is 30.0 Å². The maximum absolute atomic E-state index is 3.60. The summed E-state index contributed by atoms with van der Waals surface area (Å²) < 4.78 is 0.833. The Labute approximate surface area is 61.5 Å². The van der Waals surface area contributed by atoms with Crippen LogP contribution in [-0.2, 0) is 0 Å². The van der Waals surface area contributed by atoms with Gasteiger partial charge in [0.1, 0.15) is 0 Å². The predicted molar refractivity (Wildman–Crippen MR) is 30.2 cm³/mol. The standard InChI is InChI=1S/C5H12N.BrH.H2O/c1-5-6(2,3)4;;/h5H,1H2,2-4H3;1H;1H2/q+1;;/p-2. The lowest BCUT2D eigenvalue weighted by Gasteiger charge is -2.15. The highest BCUT2D eigenvalue weighted by molar-refractivity contribution is 4.46. The summed E-state index contributed by atoms with van der Waals surface area (Å²) in [6.07, 6.45) is 1.88. The van der Waals surface area contributed by atoms with E-state index >= 15 is 0 Å². The molecule has 0 rings (SSSR count). The Morgan fingerprint density at radius 1 is 1.25 bits per heavy atom. The second-order valence-corrected chi connectivity index (χ2v) is 2.30. The van der Waals surface area contributed by atoms with Crippen LogP contribution in [0.15, 0.2) is 12.8 Å². The SMILES string of the molecule is C=C[N+](C)(C)C.[Br-].[OH-]. The third-order valence-corrected chi connectivity index (χ3v) is 0.548. The number of hydrogen-bond donors (Lipinski definition) is 0. The quantitative estimate of drug-likeness (QED) is 0.419. The fourth-order valence-corrected chi connectivity index (χ4v) is 0. The van der Waals surface area contributed by atoms with Crippen molar-refractivity contribution in [3.8, 4) is 0 Å². The Balaban J connectivity index is -0.000000125. The molecule has 0 aromatic heterocycles. The maximum atomic E-state index is 3.60. The number of hydrogen-bond acceptors (Lipinski definition) is 1. The van der Waals surface area contributed by atoms with Crippen molar-refractivity contribution in [1.82, 2.24) is 0 Å². The van der Waals surface area contributed by atoms with Gasteiger partial charge in [0, 0.05) is 0 Å². The molecule has 0 aliphatic carbocycles. The highest BCUT2D eigenvalue weighted by Crippen LogP contribution is 1.85. The molecule has 0 unspecified atom stereocenters. The largest absolute Gasteiger partial charge is 1.00 e. The van der Waals surface area contributed by atoms with E-state index in [9.17, 15) is 0 Å². The van der Waals surface area contributed by atoms with Crippen LogP contribution in [0.25, 0.3) is 0 Å². The zero-order valence-electron chi connectivity index (χ0n) is 5.56. The maximum Gasteiger partial charge on any atom is 0.0879 e. The van der Waals surface area contributed by atoms with Crippen LogP contribution in [0.4, 0.5) is 0 Å². The average Bonchev–Trinajstić information content (AvgIpc) is 1.35. The highest BCUT2D eigenvalue weighted by atomic mass is 79.9. The average molecular weight is 183 g/mol. The van der Waals surface area contributed by atoms with E-state index < -0.39 is 0 Å². The first-order valence-corrected chi connectivity index (χ1v) is 2.01. The molecule has 0 aliphatic rings. The minimum absolute atomic E-state index is 0. The second kappa shape index (κ2) is 5.28. The molecule has 0 amide bonds. The molecule has 52 valence electrons. The Hall–Kier alpha value is 0.140. The van der Waals surface area contributed by atoms with Gasteiger partial charge in [-0.1, -0.05) is 0 Å². The monoisotopic (exact) mass is 182 g/mol. The molecule has 0 saturated heterocycles. The van der Waals surface area contributed by atoms with Gasteiger partial charge in [-0.2, -0.15) is 0 Å². The van der Waals surface area contributed by atoms with E-state index in [1.165, 1.54) is 0 Å². The first-order valence-electron chi connectivity index (χ1n) is 2.01. The van der Waals surface area contributed by atoms with Crippen LogP contribution >= 0.6 is 0 Å². The summed E-state index contributed by atoms with van der Waals surface area (Å²) in [6, 6.07) is 0. The molecular formula is C5H13BrNO-. The molecule has 2 nitrogen and oxygen atoms in total. The van der Waals surface area contributed by atoms with E-state index in [2.05, 4.69) is 27.7 Å². The highest BCUT2D eigenvalue weighted by Gasteiger charge is 1.94. The van der Waals surface area contributed by atoms with Gasteiger partial charge < -0.3 is 26.9 Å². The van der Waals surface area contributed by atoms with Gasteiger partial charge in [-0.05, 0) is 6.58 Å². The van der Waals surface area contributed by atoms with Gasteiger partial charge in [0.2, 0.25) is 0 Å². The van der Waals surface area contributed by atoms with Crippen LogP contribution in [0.5, 0.6) is 0 Å². The van der Waals surface area contributed by atoms with Crippen LogP contribution in [0.1, 0.15) is 0 Å². The molecule has 0 spiro atoms. The molecule has 1 N–H and O–H groups in total. The van der Waals surface area contributed by atoms with Crippen molar-refractivity contribution < 1.29 is 26.9 Å². The van der Waals surface area contributed by atoms with E-state index in [1.54, 1.807) is 0 Å². The molecule has 0 aliphatic heterocycles. The fraction of sp³-hybridized carbons (Fsp3) is 0.600. The summed E-state index contributed by atoms with van der Waals surface area (Å²) in [5.74, 6) is 0. The number of halogens is 1. The normalized spacial score (nSPS) is 8.38. The minimum Gasteiger partial charge on any atom is -1.00 e. The summed E-state index contributed by atoms with van der Waals surface area (Å²) in [4.78, 5) is 0. The summed E-state index contributed by atoms with van der Waals surface area (Å²) in [5.41, 5.74) is 0. The Bertz CT molecular complexity index is 57.9. The molecule has 0 heterocycles. The predicted octanol–water partition coefficient (Wildman–Crippen LogP) is -2.34. The third kappa shape index (κ3) is 16.5. The Kier molecular flexibility index (Phi) is 10.4. The van der Waals surface area contributed by atoms with Crippen molar-refractivity contribution in [2.45, 2.75) is 0 Å². The zero-order chi connectivity index (χ0) is 5.21. The Morgan fingerprint density at radius 3 is 1.38 bits per heavy atom. The number of rotatable bonds is 1. The molecule has 0 aromatic rings. The molecule has 0 radical (unpaired) electrons. The lowest BCUT2D eigenvalue weighted by Crippen LogP contribution is -3.00. The van der Waals surface area contributed by atoms with Crippen molar-refractivity contribution >= 4 is 0 Å². The molecule has 0 fully saturated rings. The Morgan fingerprint density at radius 2 is 1.38 bits per heavy atom. The first-order chi connectivity index (χ1) is 2.56. The minimum atomic E-state index is 0. The summed E-state index contributed by atoms with van der Waals surface area (Å²) in [5, 5.41) is 0. The van der Waals surface area contributed by atoms with Crippen LogP contribution in [0, 0.1) is 0 Å². The first kappa shape index (κ1) is 15.7. The fourth-order valence-electron chi connectivity index (χ4n) is 0. The van der Waals surface area contributed by atoms with Gasteiger partial charge in [0.15, 0.2) is 0 Å². The van der Waals surface area contributed by atoms with Crippen LogP contribution in [0.3, 0.4) is 0 Å². The lowest BCUT2D eigenvalue weighted by molar-refractivity contribution is -0.816. The zero-order valence-corrected chi connectivity index (χ0v) is 7.14. The van der Waals surface area contributed by atoms with E-state index in [0.717, 1.165) is 4.48 Å². The molecule has 3 heteroatoms. The summed E-state index contributed by atoms with van der Waals surface area (Å²) in [7, 11) is 6.19. The van der Waals surface area contributed by atoms with Crippen molar-refractivity contribution in [2.24, 2.45) is 0 Å². The second-order valence-electron chi connectivity index (χ2n) is 2.30. The van der Waals surface area contributed by atoms with Crippen LogP contribution in [0.2, 0.25) is 0 Å². The molecule has 0 aromatic carbocycles. The molecule has 0 saturated carbocycles. The van der Waals surface area contributed by atoms with E-state index in [1.807, 2.05) is 6.20 Å². The van der Waals surface area contributed by atoms with Crippen LogP contribution in [-0.4, -0.2) is 31.1 Å². The van der Waals surface area contributed by atoms with Crippen molar-refractivity contribution in [3.05, 3.63) is 12.8 Å². The van der Waals surface area contributed by atoms with Gasteiger partial charge in [-0.15, -0.1) is 0 Å². The molecule has 8 heavy (non-hydrogen) atoms. The van der Waals surface area contributed by atoms with Crippen molar-refractivity contribution in [3.63, 3.8) is 0 Å². The van der Waals surface area contributed by atoms with Gasteiger partial charge in [-0.3, -0.25) is 0 Å². The lowest BCUT2D eigenvalue weighted by atomic mass is 10.7. The van der Waals surface area contributed by atoms with Crippen molar-refractivity contribution in [1.29, 1.82) is 0 Å². The van der Waals surface area contributed by atoms with Gasteiger partial charge in [-0.25, -0.2) is 0 Å². The summed E-state index contributed by atoms with van der Waals surface area (Å²) in [6.45, 7) is 3.60. The van der Waals surface area contributed by atoms with Gasteiger partial charge in [0.05, 0.1) is 27.3 Å². The van der Waals surface area contributed by atoms with Crippen LogP contribution < -0.4 is 17.0 Å². The molecule has 0 atom stereocenters. The van der Waals surface area contributed by atoms with Crippen molar-refractivity contribution in [2.75, 3.05) is 21.1 Å². The number of quaternary nitrogens is 1. The smallest absolute Gasteiger partial charge is 0.0879 e. The van der Waals surface area contributed by atoms with E-state index in [-0.39, 0.29) is 22.5 Å². The van der Waals surface area contributed by atoms with Gasteiger partial charge in [0.25, 0.3) is 0 Å². The molecular weight excluding hydrogens is 170 g/mol. The third-order valence-electron chi connectivity index (χ3n) is 0.548. The van der Waals surface area contributed by atoms with E-state index in [4.69, 9.17) is 0 Å². The molecule has 0 bridgehead atoms. The summed E-state index contributed by atoms with van der Waals surface area (Å²) >= 11 is 0. The number of nitrogens with zero attached hydrogens (tertiary/aromatic N) is 1. The van der Waals surface area contributed by atoms with E-state index in [0.29, 0.717) is 0 Å².